The van der Waals surface area contributed by atoms with E-state index in [1.165, 1.54) is 6.07 Å². The second-order valence-corrected chi connectivity index (χ2v) is 3.09. The Labute approximate surface area is 88.3 Å². The molecule has 0 saturated carbocycles. The van der Waals surface area contributed by atoms with Crippen molar-refractivity contribution < 1.29 is 14.6 Å². The standard InChI is InChI=1S/C10H14N2O3/c1-12(6-7-15-2)9-8(10(13)14)4-3-5-11-9/h3-5H,6-7H2,1-2H3,(H,13,14). The number of hydrogen-bond acceptors (Lipinski definition) is 4. The number of carboxylic acids is 1. The number of pyridine rings is 1. The number of nitrogens with zero attached hydrogens (tertiary/aromatic N) is 2. The van der Waals surface area contributed by atoms with E-state index in [-0.39, 0.29) is 5.56 Å². The van der Waals surface area contributed by atoms with Crippen LogP contribution in [0.25, 0.3) is 0 Å². The Morgan fingerprint density at radius 3 is 3.00 bits per heavy atom. The van der Waals surface area contributed by atoms with Crippen molar-refractivity contribution in [1.82, 2.24) is 4.98 Å². The highest BCUT2D eigenvalue weighted by atomic mass is 16.5. The van der Waals surface area contributed by atoms with Crippen LogP contribution in [0.15, 0.2) is 18.3 Å². The molecule has 1 aromatic heterocycles. The van der Waals surface area contributed by atoms with E-state index in [0.29, 0.717) is 19.0 Å². The molecule has 5 heteroatoms. The molecule has 0 bridgehead atoms. The lowest BCUT2D eigenvalue weighted by Crippen LogP contribution is -2.25. The monoisotopic (exact) mass is 210 g/mol. The van der Waals surface area contributed by atoms with Gasteiger partial charge >= 0.3 is 5.97 Å². The number of ether oxygens (including phenoxy) is 1. The maximum Gasteiger partial charge on any atom is 0.339 e. The normalized spacial score (nSPS) is 10.0. The molecular weight excluding hydrogens is 196 g/mol. The molecule has 1 heterocycles. The van der Waals surface area contributed by atoms with Gasteiger partial charge in [0.15, 0.2) is 0 Å². The quantitative estimate of drug-likeness (QED) is 0.781. The van der Waals surface area contributed by atoms with Gasteiger partial charge in [0.25, 0.3) is 0 Å². The highest BCUT2D eigenvalue weighted by Crippen LogP contribution is 2.14. The SMILES string of the molecule is COCCN(C)c1ncccc1C(=O)O. The lowest BCUT2D eigenvalue weighted by Gasteiger charge is -2.18. The maximum atomic E-state index is 10.9. The summed E-state index contributed by atoms with van der Waals surface area (Å²) in [4.78, 5) is 16.7. The van der Waals surface area contributed by atoms with Crippen molar-refractivity contribution in [1.29, 1.82) is 0 Å². The van der Waals surface area contributed by atoms with Crippen LogP contribution in [0.5, 0.6) is 0 Å². The number of carboxylic acid groups (broad SMARTS) is 1. The zero-order valence-electron chi connectivity index (χ0n) is 8.80. The second-order valence-electron chi connectivity index (χ2n) is 3.09. The number of rotatable bonds is 5. The molecule has 1 aromatic rings. The molecule has 0 unspecified atom stereocenters. The van der Waals surface area contributed by atoms with Gasteiger partial charge in [-0.3, -0.25) is 0 Å². The molecule has 0 saturated heterocycles. The molecule has 1 N–H and O–H groups in total. The third-order valence-corrected chi connectivity index (χ3v) is 2.01. The molecular formula is C10H14N2O3. The Kier molecular flexibility index (Phi) is 4.05. The van der Waals surface area contributed by atoms with Crippen LogP contribution in [0.2, 0.25) is 0 Å². The van der Waals surface area contributed by atoms with E-state index in [1.807, 2.05) is 0 Å². The molecule has 0 radical (unpaired) electrons. The van der Waals surface area contributed by atoms with Crippen LogP contribution in [0, 0.1) is 0 Å². The van der Waals surface area contributed by atoms with Crippen LogP contribution in [0.3, 0.4) is 0 Å². The molecule has 0 amide bonds. The van der Waals surface area contributed by atoms with E-state index in [0.717, 1.165) is 0 Å². The average molecular weight is 210 g/mol. The Balaban J connectivity index is 2.87. The fourth-order valence-corrected chi connectivity index (χ4v) is 1.20. The van der Waals surface area contributed by atoms with Gasteiger partial charge in [0.1, 0.15) is 11.4 Å². The van der Waals surface area contributed by atoms with Gasteiger partial charge in [-0.25, -0.2) is 9.78 Å². The molecule has 0 spiro atoms. The summed E-state index contributed by atoms with van der Waals surface area (Å²) in [6, 6.07) is 3.14. The van der Waals surface area contributed by atoms with Gasteiger partial charge in [0, 0.05) is 26.9 Å². The third-order valence-electron chi connectivity index (χ3n) is 2.01. The fourth-order valence-electron chi connectivity index (χ4n) is 1.20. The van der Waals surface area contributed by atoms with Crippen molar-refractivity contribution in [3.05, 3.63) is 23.9 Å². The maximum absolute atomic E-state index is 10.9. The van der Waals surface area contributed by atoms with E-state index in [4.69, 9.17) is 9.84 Å². The highest BCUT2D eigenvalue weighted by Gasteiger charge is 2.13. The Morgan fingerprint density at radius 2 is 2.40 bits per heavy atom. The summed E-state index contributed by atoms with van der Waals surface area (Å²) in [6.45, 7) is 1.14. The smallest absolute Gasteiger partial charge is 0.339 e. The van der Waals surface area contributed by atoms with Gasteiger partial charge in [0.05, 0.1) is 6.61 Å². The summed E-state index contributed by atoms with van der Waals surface area (Å²) < 4.78 is 4.92. The highest BCUT2D eigenvalue weighted by molar-refractivity contribution is 5.93. The lowest BCUT2D eigenvalue weighted by atomic mass is 10.2. The lowest BCUT2D eigenvalue weighted by molar-refractivity contribution is 0.0697. The summed E-state index contributed by atoms with van der Waals surface area (Å²) in [5.74, 6) is -0.510. The third kappa shape index (κ3) is 2.92. The summed E-state index contributed by atoms with van der Waals surface area (Å²) in [5, 5.41) is 8.94. The van der Waals surface area contributed by atoms with Gasteiger partial charge in [0.2, 0.25) is 0 Å². The minimum atomic E-state index is -0.970. The van der Waals surface area contributed by atoms with Gasteiger partial charge in [-0.1, -0.05) is 0 Å². The van der Waals surface area contributed by atoms with Crippen LogP contribution in [0.4, 0.5) is 5.82 Å². The van der Waals surface area contributed by atoms with Crippen LogP contribution in [0.1, 0.15) is 10.4 Å². The zero-order chi connectivity index (χ0) is 11.3. The Bertz CT molecular complexity index is 341. The van der Waals surface area contributed by atoms with Gasteiger partial charge in [-0.05, 0) is 12.1 Å². The van der Waals surface area contributed by atoms with Crippen molar-refractivity contribution in [2.45, 2.75) is 0 Å². The first kappa shape index (κ1) is 11.5. The van der Waals surface area contributed by atoms with E-state index < -0.39 is 5.97 Å². The van der Waals surface area contributed by atoms with Crippen molar-refractivity contribution >= 4 is 11.8 Å². The Morgan fingerprint density at radius 1 is 1.67 bits per heavy atom. The number of aromatic carboxylic acids is 1. The van der Waals surface area contributed by atoms with Crippen molar-refractivity contribution in [2.24, 2.45) is 0 Å². The van der Waals surface area contributed by atoms with Gasteiger partial charge < -0.3 is 14.7 Å². The van der Waals surface area contributed by atoms with Crippen molar-refractivity contribution in [3.63, 3.8) is 0 Å². The molecule has 0 aliphatic carbocycles. The minimum Gasteiger partial charge on any atom is -0.478 e. The Hall–Kier alpha value is -1.62. The number of hydrogen-bond donors (Lipinski definition) is 1. The number of anilines is 1. The zero-order valence-corrected chi connectivity index (χ0v) is 8.80. The number of methoxy groups -OCH3 is 1. The summed E-state index contributed by atoms with van der Waals surface area (Å²) in [6.07, 6.45) is 1.57. The molecule has 82 valence electrons. The molecule has 0 fully saturated rings. The van der Waals surface area contributed by atoms with E-state index in [9.17, 15) is 4.79 Å². The van der Waals surface area contributed by atoms with E-state index in [2.05, 4.69) is 4.98 Å². The molecule has 1 rings (SSSR count). The van der Waals surface area contributed by atoms with Crippen LogP contribution < -0.4 is 4.90 Å². The first-order valence-electron chi connectivity index (χ1n) is 4.55. The van der Waals surface area contributed by atoms with Gasteiger partial charge in [-0.15, -0.1) is 0 Å². The molecule has 0 atom stereocenters. The molecule has 5 nitrogen and oxygen atoms in total. The van der Waals surface area contributed by atoms with E-state index >= 15 is 0 Å². The van der Waals surface area contributed by atoms with Crippen molar-refractivity contribution in [2.75, 3.05) is 32.2 Å². The number of aromatic nitrogens is 1. The summed E-state index contributed by atoms with van der Waals surface area (Å²) in [5.41, 5.74) is 0.205. The predicted octanol–water partition coefficient (Wildman–Crippen LogP) is 0.862. The number of carbonyl (C=O) groups is 1. The molecule has 0 aliphatic heterocycles. The van der Waals surface area contributed by atoms with Gasteiger partial charge in [-0.2, -0.15) is 0 Å². The number of likely N-dealkylation sites (N-methyl/N-ethyl adjacent to an activating group) is 1. The topological polar surface area (TPSA) is 62.7 Å². The van der Waals surface area contributed by atoms with Crippen LogP contribution in [-0.2, 0) is 4.74 Å². The molecule has 0 aromatic carbocycles. The fraction of sp³-hybridized carbons (Fsp3) is 0.400. The molecule has 0 aliphatic rings. The van der Waals surface area contributed by atoms with E-state index in [1.54, 1.807) is 31.3 Å². The summed E-state index contributed by atoms with van der Waals surface area (Å²) in [7, 11) is 3.39. The summed E-state index contributed by atoms with van der Waals surface area (Å²) >= 11 is 0. The minimum absolute atomic E-state index is 0.205. The van der Waals surface area contributed by atoms with Crippen molar-refractivity contribution in [3.8, 4) is 0 Å². The first-order chi connectivity index (χ1) is 7.16. The second kappa shape index (κ2) is 5.31. The largest absolute Gasteiger partial charge is 0.478 e. The average Bonchev–Trinajstić information content (AvgIpc) is 2.25. The van der Waals surface area contributed by atoms with Crippen LogP contribution in [-0.4, -0.2) is 43.4 Å². The predicted molar refractivity (Wildman–Crippen MR) is 56.3 cm³/mol. The molecule has 15 heavy (non-hydrogen) atoms. The van der Waals surface area contributed by atoms with Crippen LogP contribution >= 0.6 is 0 Å². The first-order valence-corrected chi connectivity index (χ1v) is 4.55.